The number of rotatable bonds is 6. The van der Waals surface area contributed by atoms with Crippen molar-refractivity contribution < 1.29 is 9.32 Å². The number of H-pyrrole nitrogens is 1. The second kappa shape index (κ2) is 8.32. The number of aromatic amines is 1. The fourth-order valence-corrected chi connectivity index (χ4v) is 3.28. The van der Waals surface area contributed by atoms with E-state index >= 15 is 0 Å². The van der Waals surface area contributed by atoms with Gasteiger partial charge in [-0.1, -0.05) is 35.0 Å². The Hall–Kier alpha value is -3.38. The highest BCUT2D eigenvalue weighted by atomic mass is 35.5. The average Bonchev–Trinajstić information content (AvgIpc) is 3.41. The van der Waals surface area contributed by atoms with Crippen LogP contribution in [0.3, 0.4) is 0 Å². The summed E-state index contributed by atoms with van der Waals surface area (Å²) >= 11 is 6.10. The zero-order chi connectivity index (χ0) is 20.2. The Morgan fingerprint density at radius 3 is 2.86 bits per heavy atom. The van der Waals surface area contributed by atoms with Crippen LogP contribution in [0.15, 0.2) is 71.6 Å². The lowest BCUT2D eigenvalue weighted by molar-refractivity contribution is 0.0791. The van der Waals surface area contributed by atoms with E-state index in [4.69, 9.17) is 16.1 Å². The van der Waals surface area contributed by atoms with Gasteiger partial charge in [0, 0.05) is 54.3 Å². The van der Waals surface area contributed by atoms with E-state index in [1.807, 2.05) is 42.5 Å². The molecule has 0 fully saturated rings. The van der Waals surface area contributed by atoms with Gasteiger partial charge in [0.2, 0.25) is 0 Å². The number of nitrogens with one attached hydrogen (secondary N) is 1. The third-order valence-electron chi connectivity index (χ3n) is 4.66. The van der Waals surface area contributed by atoms with Crippen LogP contribution in [0.4, 0.5) is 0 Å². The smallest absolute Gasteiger partial charge is 0.270 e. The lowest BCUT2D eigenvalue weighted by Gasteiger charge is -2.15. The first-order valence-electron chi connectivity index (χ1n) is 9.16. The van der Waals surface area contributed by atoms with Gasteiger partial charge in [0.15, 0.2) is 5.76 Å². The molecule has 1 amide bonds. The second-order valence-corrected chi connectivity index (χ2v) is 7.12. The van der Waals surface area contributed by atoms with Gasteiger partial charge in [-0.25, -0.2) is 0 Å². The standard InChI is InChI=1S/C22H19ClN4O2/c1-27(10-8-18-7-2-3-9-24-18)22(28)20-12-16(13-25-20)21-19(14-26-29-21)15-5-4-6-17(23)11-15/h2-7,9,11-14,25H,8,10H2,1H3. The molecule has 1 N–H and O–H groups in total. The molecule has 0 aliphatic heterocycles. The van der Waals surface area contributed by atoms with Crippen molar-refractivity contribution in [3.63, 3.8) is 0 Å². The molecule has 0 aliphatic carbocycles. The summed E-state index contributed by atoms with van der Waals surface area (Å²) in [6.07, 6.45) is 5.84. The number of hydrogen-bond donors (Lipinski definition) is 1. The van der Waals surface area contributed by atoms with Crippen LogP contribution in [0.5, 0.6) is 0 Å². The molecular formula is C22H19ClN4O2. The molecule has 0 unspecified atom stereocenters. The van der Waals surface area contributed by atoms with Gasteiger partial charge in [0.25, 0.3) is 5.91 Å². The molecule has 146 valence electrons. The summed E-state index contributed by atoms with van der Waals surface area (Å²) in [7, 11) is 1.78. The molecule has 4 aromatic rings. The number of halogens is 1. The van der Waals surface area contributed by atoms with Crippen LogP contribution < -0.4 is 0 Å². The molecule has 4 rings (SSSR count). The summed E-state index contributed by atoms with van der Waals surface area (Å²) in [5, 5.41) is 4.56. The third-order valence-corrected chi connectivity index (χ3v) is 4.89. The Balaban J connectivity index is 1.50. The number of pyridine rings is 1. The highest BCUT2D eigenvalue weighted by molar-refractivity contribution is 6.30. The zero-order valence-electron chi connectivity index (χ0n) is 15.8. The van der Waals surface area contributed by atoms with Crippen molar-refractivity contribution >= 4 is 17.5 Å². The van der Waals surface area contributed by atoms with Gasteiger partial charge in [-0.15, -0.1) is 0 Å². The van der Waals surface area contributed by atoms with E-state index in [1.165, 1.54) is 0 Å². The van der Waals surface area contributed by atoms with Gasteiger partial charge in [0.05, 0.1) is 6.20 Å². The molecule has 0 atom stereocenters. The van der Waals surface area contributed by atoms with Crippen molar-refractivity contribution in [2.45, 2.75) is 6.42 Å². The Morgan fingerprint density at radius 2 is 2.07 bits per heavy atom. The number of nitrogens with zero attached hydrogens (tertiary/aromatic N) is 3. The molecule has 3 heterocycles. The van der Waals surface area contributed by atoms with Crippen molar-refractivity contribution in [1.29, 1.82) is 0 Å². The summed E-state index contributed by atoms with van der Waals surface area (Å²) in [5.74, 6) is 0.481. The Bertz CT molecular complexity index is 1120. The van der Waals surface area contributed by atoms with E-state index in [0.29, 0.717) is 29.4 Å². The Morgan fingerprint density at radius 1 is 1.17 bits per heavy atom. The van der Waals surface area contributed by atoms with Crippen LogP contribution in [-0.2, 0) is 6.42 Å². The van der Waals surface area contributed by atoms with Crippen LogP contribution in [0.2, 0.25) is 5.02 Å². The van der Waals surface area contributed by atoms with Crippen molar-refractivity contribution in [2.24, 2.45) is 0 Å². The molecule has 0 spiro atoms. The first-order chi connectivity index (χ1) is 14.1. The number of benzene rings is 1. The molecular weight excluding hydrogens is 388 g/mol. The predicted molar refractivity (Wildman–Crippen MR) is 112 cm³/mol. The first kappa shape index (κ1) is 19.0. The maximum atomic E-state index is 12.8. The van der Waals surface area contributed by atoms with E-state index in [1.54, 1.807) is 36.6 Å². The van der Waals surface area contributed by atoms with Gasteiger partial charge in [-0.2, -0.15) is 0 Å². The molecule has 0 saturated heterocycles. The van der Waals surface area contributed by atoms with Crippen LogP contribution in [0.25, 0.3) is 22.5 Å². The number of carbonyl (C=O) groups is 1. The minimum absolute atomic E-state index is 0.101. The van der Waals surface area contributed by atoms with E-state index in [9.17, 15) is 4.79 Å². The van der Waals surface area contributed by atoms with Gasteiger partial charge >= 0.3 is 0 Å². The molecule has 0 bridgehead atoms. The molecule has 0 saturated carbocycles. The molecule has 7 heteroatoms. The summed E-state index contributed by atoms with van der Waals surface area (Å²) in [6, 6.07) is 15.0. The molecule has 6 nitrogen and oxygen atoms in total. The first-order valence-corrected chi connectivity index (χ1v) is 9.54. The summed E-state index contributed by atoms with van der Waals surface area (Å²) in [4.78, 5) is 21.8. The van der Waals surface area contributed by atoms with Crippen molar-refractivity contribution in [3.05, 3.63) is 83.5 Å². The summed E-state index contributed by atoms with van der Waals surface area (Å²) < 4.78 is 5.46. The van der Waals surface area contributed by atoms with E-state index in [2.05, 4.69) is 15.1 Å². The zero-order valence-corrected chi connectivity index (χ0v) is 16.6. The minimum Gasteiger partial charge on any atom is -0.356 e. The van der Waals surface area contributed by atoms with Crippen molar-refractivity contribution in [3.8, 4) is 22.5 Å². The minimum atomic E-state index is -0.101. The van der Waals surface area contributed by atoms with Gasteiger partial charge < -0.3 is 14.4 Å². The monoisotopic (exact) mass is 406 g/mol. The molecule has 29 heavy (non-hydrogen) atoms. The van der Waals surface area contributed by atoms with Crippen molar-refractivity contribution in [1.82, 2.24) is 20.0 Å². The predicted octanol–water partition coefficient (Wildman–Crippen LogP) is 4.70. The summed E-state index contributed by atoms with van der Waals surface area (Å²) in [5.41, 5.74) is 3.90. The Kier molecular flexibility index (Phi) is 5.44. The number of amides is 1. The number of aromatic nitrogens is 3. The number of likely N-dealkylation sites (N-methyl/N-ethyl adjacent to an activating group) is 1. The molecule has 0 radical (unpaired) electrons. The number of hydrogen-bond acceptors (Lipinski definition) is 4. The van der Waals surface area contributed by atoms with Crippen LogP contribution in [0, 0.1) is 0 Å². The fourth-order valence-electron chi connectivity index (χ4n) is 3.09. The quantitative estimate of drug-likeness (QED) is 0.503. The van der Waals surface area contributed by atoms with Crippen LogP contribution >= 0.6 is 11.6 Å². The largest absolute Gasteiger partial charge is 0.356 e. The fraction of sp³-hybridized carbons (Fsp3) is 0.136. The highest BCUT2D eigenvalue weighted by Crippen LogP contribution is 2.33. The number of carbonyl (C=O) groups excluding carboxylic acids is 1. The molecule has 1 aromatic carbocycles. The van der Waals surface area contributed by atoms with E-state index in [-0.39, 0.29) is 5.91 Å². The lowest BCUT2D eigenvalue weighted by atomic mass is 10.0. The normalized spacial score (nSPS) is 10.8. The summed E-state index contributed by atoms with van der Waals surface area (Å²) in [6.45, 7) is 0.570. The average molecular weight is 407 g/mol. The molecule has 0 aliphatic rings. The lowest BCUT2D eigenvalue weighted by Crippen LogP contribution is -2.29. The SMILES string of the molecule is CN(CCc1ccccn1)C(=O)c1cc(-c2oncc2-c2cccc(Cl)c2)c[nH]1. The maximum absolute atomic E-state index is 12.8. The topological polar surface area (TPSA) is 75.0 Å². The maximum Gasteiger partial charge on any atom is 0.270 e. The van der Waals surface area contributed by atoms with Crippen LogP contribution in [-0.4, -0.2) is 39.5 Å². The van der Waals surface area contributed by atoms with Gasteiger partial charge in [-0.05, 0) is 35.9 Å². The van der Waals surface area contributed by atoms with Gasteiger partial charge in [-0.3, -0.25) is 9.78 Å². The third kappa shape index (κ3) is 4.22. The van der Waals surface area contributed by atoms with Crippen LogP contribution in [0.1, 0.15) is 16.2 Å². The van der Waals surface area contributed by atoms with E-state index in [0.717, 1.165) is 22.4 Å². The van der Waals surface area contributed by atoms with Crippen molar-refractivity contribution in [2.75, 3.05) is 13.6 Å². The van der Waals surface area contributed by atoms with Gasteiger partial charge in [0.1, 0.15) is 5.69 Å². The highest BCUT2D eigenvalue weighted by Gasteiger charge is 2.18. The Labute approximate surface area is 173 Å². The second-order valence-electron chi connectivity index (χ2n) is 6.68. The molecule has 3 aromatic heterocycles. The van der Waals surface area contributed by atoms with E-state index < -0.39 is 0 Å².